The molecule has 1 aromatic rings. The normalized spacial score (nSPS) is 25.5. The van der Waals surface area contributed by atoms with Crippen molar-refractivity contribution < 1.29 is 4.39 Å². The highest BCUT2D eigenvalue weighted by Crippen LogP contribution is 2.31. The van der Waals surface area contributed by atoms with Gasteiger partial charge < -0.3 is 5.32 Å². The van der Waals surface area contributed by atoms with Gasteiger partial charge in [-0.2, -0.15) is 0 Å². The van der Waals surface area contributed by atoms with Crippen LogP contribution < -0.4 is 5.32 Å². The van der Waals surface area contributed by atoms with Crippen molar-refractivity contribution in [2.75, 3.05) is 0 Å². The molecule has 1 aliphatic rings. The molecule has 0 aliphatic heterocycles. The summed E-state index contributed by atoms with van der Waals surface area (Å²) in [6, 6.07) is 7.78. The Kier molecular flexibility index (Phi) is 4.98. The second-order valence-corrected chi connectivity index (χ2v) is 6.24. The summed E-state index contributed by atoms with van der Waals surface area (Å²) in [5, 5.41) is 3.76. The monoisotopic (exact) mass is 263 g/mol. The molecule has 0 spiro atoms. The van der Waals surface area contributed by atoms with Crippen molar-refractivity contribution in [3.63, 3.8) is 0 Å². The predicted octanol–water partition coefficient (Wildman–Crippen LogP) is 4.69. The fraction of sp³-hybridized carbons (Fsp3) is 0.647. The van der Waals surface area contributed by atoms with Crippen molar-refractivity contribution in [1.82, 2.24) is 5.32 Å². The fourth-order valence-electron chi connectivity index (χ4n) is 3.33. The highest BCUT2D eigenvalue weighted by atomic mass is 19.1. The molecule has 1 aromatic carbocycles. The number of benzene rings is 1. The molecule has 0 radical (unpaired) electrons. The molecule has 3 atom stereocenters. The Morgan fingerprint density at radius 1 is 1.05 bits per heavy atom. The Hall–Kier alpha value is -0.890. The summed E-state index contributed by atoms with van der Waals surface area (Å²) in [5.74, 6) is 1.35. The number of hydrogen-bond donors (Lipinski definition) is 1. The standard InChI is InChI=1S/C17H26FN/c1-12(2)16-6-4-5-7-17(16)19-13(3)14-8-10-15(18)11-9-14/h8-13,16-17,19H,4-7H2,1-3H3/t13-,16?,17?/m1/s1. The van der Waals surface area contributed by atoms with E-state index in [9.17, 15) is 4.39 Å². The van der Waals surface area contributed by atoms with Crippen molar-refractivity contribution in [2.45, 2.75) is 58.5 Å². The minimum absolute atomic E-state index is 0.159. The lowest BCUT2D eigenvalue weighted by atomic mass is 9.77. The van der Waals surface area contributed by atoms with Crippen LogP contribution in [-0.2, 0) is 0 Å². The van der Waals surface area contributed by atoms with Gasteiger partial charge in [0, 0.05) is 12.1 Å². The third-order valence-electron chi connectivity index (χ3n) is 4.51. The van der Waals surface area contributed by atoms with E-state index in [2.05, 4.69) is 26.1 Å². The van der Waals surface area contributed by atoms with E-state index < -0.39 is 0 Å². The molecule has 2 heteroatoms. The molecular weight excluding hydrogens is 237 g/mol. The number of rotatable bonds is 4. The Morgan fingerprint density at radius 3 is 2.32 bits per heavy atom. The fourth-order valence-corrected chi connectivity index (χ4v) is 3.33. The summed E-state index contributed by atoms with van der Waals surface area (Å²) < 4.78 is 13.0. The molecule has 0 bridgehead atoms. The molecule has 1 aliphatic carbocycles. The third kappa shape index (κ3) is 3.79. The van der Waals surface area contributed by atoms with Gasteiger partial charge >= 0.3 is 0 Å². The zero-order valence-electron chi connectivity index (χ0n) is 12.3. The Morgan fingerprint density at radius 2 is 1.68 bits per heavy atom. The van der Waals surface area contributed by atoms with E-state index in [1.165, 1.54) is 31.2 Å². The van der Waals surface area contributed by atoms with Gasteiger partial charge in [-0.05, 0) is 49.3 Å². The molecule has 1 fully saturated rings. The maximum absolute atomic E-state index is 13.0. The second-order valence-electron chi connectivity index (χ2n) is 6.24. The van der Waals surface area contributed by atoms with Gasteiger partial charge in [0.25, 0.3) is 0 Å². The highest BCUT2D eigenvalue weighted by Gasteiger charge is 2.28. The van der Waals surface area contributed by atoms with Crippen LogP contribution in [0.5, 0.6) is 0 Å². The lowest BCUT2D eigenvalue weighted by Gasteiger charge is -2.37. The topological polar surface area (TPSA) is 12.0 Å². The minimum atomic E-state index is -0.159. The van der Waals surface area contributed by atoms with Gasteiger partial charge in [-0.3, -0.25) is 0 Å². The quantitative estimate of drug-likeness (QED) is 0.831. The minimum Gasteiger partial charge on any atom is -0.307 e. The van der Waals surface area contributed by atoms with E-state index in [0.717, 1.165) is 11.8 Å². The lowest BCUT2D eigenvalue weighted by molar-refractivity contribution is 0.195. The maximum atomic E-state index is 13.0. The summed E-state index contributed by atoms with van der Waals surface area (Å²) in [6.07, 6.45) is 5.31. The van der Waals surface area contributed by atoms with Gasteiger partial charge in [0.1, 0.15) is 5.82 Å². The van der Waals surface area contributed by atoms with Crippen molar-refractivity contribution in [3.05, 3.63) is 35.6 Å². The molecule has 0 amide bonds. The lowest BCUT2D eigenvalue weighted by Crippen LogP contribution is -2.42. The molecule has 0 heterocycles. The first-order valence-corrected chi connectivity index (χ1v) is 7.59. The van der Waals surface area contributed by atoms with E-state index in [-0.39, 0.29) is 5.82 Å². The molecule has 2 unspecified atom stereocenters. The number of hydrogen-bond acceptors (Lipinski definition) is 1. The first kappa shape index (κ1) is 14.5. The van der Waals surface area contributed by atoms with Gasteiger partial charge in [0.2, 0.25) is 0 Å². The first-order valence-electron chi connectivity index (χ1n) is 7.59. The Bertz CT molecular complexity index is 385. The molecule has 2 rings (SSSR count). The average Bonchev–Trinajstić information content (AvgIpc) is 2.39. The second kappa shape index (κ2) is 6.51. The van der Waals surface area contributed by atoms with Crippen LogP contribution >= 0.6 is 0 Å². The van der Waals surface area contributed by atoms with E-state index >= 15 is 0 Å². The van der Waals surface area contributed by atoms with Gasteiger partial charge in [0.15, 0.2) is 0 Å². The van der Waals surface area contributed by atoms with Crippen LogP contribution in [0.2, 0.25) is 0 Å². The summed E-state index contributed by atoms with van der Waals surface area (Å²) >= 11 is 0. The number of nitrogens with one attached hydrogen (secondary N) is 1. The van der Waals surface area contributed by atoms with E-state index in [0.29, 0.717) is 12.1 Å². The maximum Gasteiger partial charge on any atom is 0.123 e. The summed E-state index contributed by atoms with van der Waals surface area (Å²) in [7, 11) is 0. The van der Waals surface area contributed by atoms with Gasteiger partial charge in [-0.15, -0.1) is 0 Å². The van der Waals surface area contributed by atoms with Crippen LogP contribution in [0.15, 0.2) is 24.3 Å². The number of halogens is 1. The van der Waals surface area contributed by atoms with Crippen molar-refractivity contribution in [1.29, 1.82) is 0 Å². The molecular formula is C17H26FN. The van der Waals surface area contributed by atoms with Crippen LogP contribution in [-0.4, -0.2) is 6.04 Å². The summed E-state index contributed by atoms with van der Waals surface area (Å²) in [6.45, 7) is 6.83. The van der Waals surface area contributed by atoms with Crippen molar-refractivity contribution in [3.8, 4) is 0 Å². The van der Waals surface area contributed by atoms with Gasteiger partial charge in [0.05, 0.1) is 0 Å². The molecule has 1 nitrogen and oxygen atoms in total. The highest BCUT2D eigenvalue weighted by molar-refractivity contribution is 5.19. The largest absolute Gasteiger partial charge is 0.307 e. The third-order valence-corrected chi connectivity index (χ3v) is 4.51. The van der Waals surface area contributed by atoms with Crippen LogP contribution in [0.4, 0.5) is 4.39 Å². The van der Waals surface area contributed by atoms with Crippen LogP contribution in [0.1, 0.15) is 58.1 Å². The van der Waals surface area contributed by atoms with E-state index in [4.69, 9.17) is 0 Å². The van der Waals surface area contributed by atoms with Crippen molar-refractivity contribution >= 4 is 0 Å². The first-order chi connectivity index (χ1) is 9.08. The molecule has 19 heavy (non-hydrogen) atoms. The van der Waals surface area contributed by atoms with E-state index in [1.807, 2.05) is 12.1 Å². The molecule has 0 saturated heterocycles. The van der Waals surface area contributed by atoms with Crippen LogP contribution in [0, 0.1) is 17.7 Å². The molecule has 1 N–H and O–H groups in total. The average molecular weight is 263 g/mol. The molecule has 0 aromatic heterocycles. The predicted molar refractivity (Wildman–Crippen MR) is 78.5 cm³/mol. The zero-order valence-corrected chi connectivity index (χ0v) is 12.3. The van der Waals surface area contributed by atoms with Gasteiger partial charge in [-0.1, -0.05) is 38.8 Å². The summed E-state index contributed by atoms with van der Waals surface area (Å²) in [4.78, 5) is 0. The van der Waals surface area contributed by atoms with Crippen LogP contribution in [0.3, 0.4) is 0 Å². The van der Waals surface area contributed by atoms with Gasteiger partial charge in [-0.25, -0.2) is 4.39 Å². The zero-order chi connectivity index (χ0) is 13.8. The summed E-state index contributed by atoms with van der Waals surface area (Å²) in [5.41, 5.74) is 1.18. The van der Waals surface area contributed by atoms with E-state index in [1.54, 1.807) is 12.1 Å². The SMILES string of the molecule is CC(C)C1CCCCC1N[C@H](C)c1ccc(F)cc1. The van der Waals surface area contributed by atoms with Crippen LogP contribution in [0.25, 0.3) is 0 Å². The Balaban J connectivity index is 2.00. The Labute approximate surface area is 116 Å². The molecule has 106 valence electrons. The molecule has 1 saturated carbocycles. The smallest absolute Gasteiger partial charge is 0.123 e. The van der Waals surface area contributed by atoms with Crippen molar-refractivity contribution in [2.24, 2.45) is 11.8 Å².